The molecule has 0 fully saturated rings. The summed E-state index contributed by atoms with van der Waals surface area (Å²) in [5.41, 5.74) is 3.01. The highest BCUT2D eigenvalue weighted by Gasteiger charge is 2.18. The van der Waals surface area contributed by atoms with E-state index >= 15 is 0 Å². The van der Waals surface area contributed by atoms with E-state index in [4.69, 9.17) is 4.74 Å². The quantitative estimate of drug-likeness (QED) is 0.762. The van der Waals surface area contributed by atoms with Crippen LogP contribution in [0.5, 0.6) is 0 Å². The molecule has 3 nitrogen and oxygen atoms in total. The minimum absolute atomic E-state index is 0.224. The van der Waals surface area contributed by atoms with Crippen LogP contribution in [0.15, 0.2) is 28.2 Å². The Kier molecular flexibility index (Phi) is 5.45. The number of methoxy groups -OCH3 is 1. The molecule has 0 aliphatic carbocycles. The summed E-state index contributed by atoms with van der Waals surface area (Å²) in [4.78, 5) is 14.3. The Morgan fingerprint density at radius 3 is 2.86 bits per heavy atom. The number of carbonyl (C=O) groups is 1. The van der Waals surface area contributed by atoms with Gasteiger partial charge in [0.05, 0.1) is 7.11 Å². The molecule has 1 aromatic carbocycles. The lowest BCUT2D eigenvalue weighted by Gasteiger charge is -2.30. The highest BCUT2D eigenvalue weighted by Crippen LogP contribution is 2.30. The topological polar surface area (TPSA) is 29.5 Å². The summed E-state index contributed by atoms with van der Waals surface area (Å²) in [7, 11) is 1.44. The van der Waals surface area contributed by atoms with Gasteiger partial charge in [-0.15, -0.1) is 0 Å². The summed E-state index contributed by atoms with van der Waals surface area (Å²) in [5.74, 6) is 0.378. The van der Waals surface area contributed by atoms with Gasteiger partial charge in [0.15, 0.2) is 0 Å². The summed E-state index contributed by atoms with van der Waals surface area (Å²) < 4.78 is 5.91. The fourth-order valence-corrected chi connectivity index (χ4v) is 3.07. The molecule has 0 unspecified atom stereocenters. The van der Waals surface area contributed by atoms with Crippen LogP contribution in [-0.2, 0) is 9.53 Å². The predicted molar refractivity (Wildman–Crippen MR) is 90.4 cm³/mol. The molecule has 0 aromatic heterocycles. The van der Waals surface area contributed by atoms with Crippen LogP contribution in [0.3, 0.4) is 0 Å². The molecule has 1 heterocycles. The van der Waals surface area contributed by atoms with Crippen molar-refractivity contribution < 1.29 is 9.53 Å². The molecule has 0 bridgehead atoms. The minimum atomic E-state index is -0.224. The van der Waals surface area contributed by atoms with E-state index in [1.807, 2.05) is 6.08 Å². The Hall–Kier alpha value is -1.29. The van der Waals surface area contributed by atoms with E-state index < -0.39 is 0 Å². The van der Waals surface area contributed by atoms with Crippen LogP contribution in [-0.4, -0.2) is 26.2 Å². The summed E-state index contributed by atoms with van der Waals surface area (Å²) in [6.45, 7) is 6.44. The largest absolute Gasteiger partial charge is 0.466 e. The summed E-state index contributed by atoms with van der Waals surface area (Å²) in [6, 6.07) is 6.24. The monoisotopic (exact) mass is 351 g/mol. The maximum atomic E-state index is 11.9. The predicted octanol–water partition coefficient (Wildman–Crippen LogP) is 4.26. The zero-order chi connectivity index (χ0) is 15.4. The Morgan fingerprint density at radius 2 is 2.19 bits per heavy atom. The first-order valence-electron chi connectivity index (χ1n) is 7.34. The summed E-state index contributed by atoms with van der Waals surface area (Å²) in [5, 5.41) is 0. The molecule has 1 aliphatic rings. The van der Waals surface area contributed by atoms with Gasteiger partial charge in [-0.3, -0.25) is 0 Å². The average molecular weight is 352 g/mol. The maximum Gasteiger partial charge on any atom is 0.333 e. The number of hydrogen-bond acceptors (Lipinski definition) is 3. The first-order valence-corrected chi connectivity index (χ1v) is 8.14. The van der Waals surface area contributed by atoms with Gasteiger partial charge >= 0.3 is 5.97 Å². The third-order valence-electron chi connectivity index (χ3n) is 3.57. The van der Waals surface area contributed by atoms with Crippen LogP contribution < -0.4 is 4.90 Å². The minimum Gasteiger partial charge on any atom is -0.466 e. The van der Waals surface area contributed by atoms with Gasteiger partial charge in [-0.25, -0.2) is 4.79 Å². The third kappa shape index (κ3) is 4.10. The van der Waals surface area contributed by atoms with Crippen molar-refractivity contribution in [3.05, 3.63) is 33.8 Å². The van der Waals surface area contributed by atoms with Crippen LogP contribution in [0.2, 0.25) is 0 Å². The normalized spacial score (nSPS) is 15.1. The number of rotatable bonds is 3. The molecule has 1 aliphatic heterocycles. The Labute approximate surface area is 135 Å². The van der Waals surface area contributed by atoms with Gasteiger partial charge in [-0.2, -0.15) is 0 Å². The Bertz CT molecular complexity index is 552. The second-order valence-corrected chi connectivity index (χ2v) is 6.72. The fourth-order valence-electron chi connectivity index (χ4n) is 2.69. The molecule has 0 atom stereocenters. The average Bonchev–Trinajstić information content (AvgIpc) is 2.42. The van der Waals surface area contributed by atoms with Gasteiger partial charge in [0.2, 0.25) is 0 Å². The molecular formula is C17H22BrNO2. The number of ether oxygens (including phenoxy) is 1. The second-order valence-electron chi connectivity index (χ2n) is 5.81. The van der Waals surface area contributed by atoms with Crippen LogP contribution in [0.1, 0.15) is 32.3 Å². The molecule has 114 valence electrons. The SMILES string of the molecule is COC(=O)C1=Cc2cc(Br)ccc2N(CC(C)C)CCC1. The van der Waals surface area contributed by atoms with Gasteiger partial charge < -0.3 is 9.64 Å². The molecular weight excluding hydrogens is 330 g/mol. The standard InChI is InChI=1S/C17H22BrNO2/c1-12(2)11-19-8-4-5-13(17(20)21-3)9-14-10-15(18)6-7-16(14)19/h6-7,9-10,12H,4-5,8,11H2,1-3H3. The van der Waals surface area contributed by atoms with Gasteiger partial charge in [-0.05, 0) is 48.6 Å². The number of fused-ring (bicyclic) bond motifs is 1. The number of halogens is 1. The van der Waals surface area contributed by atoms with Crippen molar-refractivity contribution in [2.24, 2.45) is 5.92 Å². The number of hydrogen-bond donors (Lipinski definition) is 0. The molecule has 4 heteroatoms. The van der Waals surface area contributed by atoms with Gasteiger partial charge in [0, 0.05) is 28.8 Å². The van der Waals surface area contributed by atoms with Crippen molar-refractivity contribution in [1.82, 2.24) is 0 Å². The zero-order valence-corrected chi connectivity index (χ0v) is 14.4. The molecule has 0 saturated heterocycles. The smallest absolute Gasteiger partial charge is 0.333 e. The molecule has 2 rings (SSSR count). The van der Waals surface area contributed by atoms with Crippen molar-refractivity contribution >= 4 is 33.7 Å². The third-order valence-corrected chi connectivity index (χ3v) is 4.06. The second kappa shape index (κ2) is 7.12. The van der Waals surface area contributed by atoms with E-state index in [0.717, 1.165) is 41.5 Å². The van der Waals surface area contributed by atoms with Crippen LogP contribution in [0.4, 0.5) is 5.69 Å². The van der Waals surface area contributed by atoms with E-state index in [-0.39, 0.29) is 5.97 Å². The van der Waals surface area contributed by atoms with Crippen molar-refractivity contribution in [2.75, 3.05) is 25.1 Å². The lowest BCUT2D eigenvalue weighted by Crippen LogP contribution is -2.30. The first kappa shape index (κ1) is 16.1. The van der Waals surface area contributed by atoms with E-state index in [9.17, 15) is 4.79 Å². The molecule has 0 N–H and O–H groups in total. The van der Waals surface area contributed by atoms with Crippen LogP contribution in [0.25, 0.3) is 6.08 Å². The van der Waals surface area contributed by atoms with Crippen LogP contribution in [0, 0.1) is 5.92 Å². The lowest BCUT2D eigenvalue weighted by molar-refractivity contribution is -0.136. The highest BCUT2D eigenvalue weighted by molar-refractivity contribution is 9.10. The van der Waals surface area contributed by atoms with Crippen LogP contribution >= 0.6 is 15.9 Å². The number of nitrogens with zero attached hydrogens (tertiary/aromatic N) is 1. The Morgan fingerprint density at radius 1 is 1.43 bits per heavy atom. The van der Waals surface area contributed by atoms with Crippen molar-refractivity contribution in [2.45, 2.75) is 26.7 Å². The maximum absolute atomic E-state index is 11.9. The number of benzene rings is 1. The number of esters is 1. The van der Waals surface area contributed by atoms with E-state index in [0.29, 0.717) is 5.92 Å². The lowest BCUT2D eigenvalue weighted by atomic mass is 10.0. The molecule has 0 amide bonds. The van der Waals surface area contributed by atoms with Gasteiger partial charge in [0.1, 0.15) is 0 Å². The van der Waals surface area contributed by atoms with Gasteiger partial charge in [-0.1, -0.05) is 29.8 Å². The summed E-state index contributed by atoms with van der Waals surface area (Å²) >= 11 is 3.52. The van der Waals surface area contributed by atoms with E-state index in [1.165, 1.54) is 12.8 Å². The van der Waals surface area contributed by atoms with Gasteiger partial charge in [0.25, 0.3) is 0 Å². The molecule has 0 radical (unpaired) electrons. The fraction of sp³-hybridized carbons (Fsp3) is 0.471. The number of carbonyl (C=O) groups excluding carboxylic acids is 1. The van der Waals surface area contributed by atoms with Crippen molar-refractivity contribution in [3.63, 3.8) is 0 Å². The van der Waals surface area contributed by atoms with E-state index in [2.05, 4.69) is 52.9 Å². The molecule has 1 aromatic rings. The molecule has 0 saturated carbocycles. The van der Waals surface area contributed by atoms with Crippen molar-refractivity contribution in [3.8, 4) is 0 Å². The molecule has 21 heavy (non-hydrogen) atoms. The number of anilines is 1. The molecule has 0 spiro atoms. The highest BCUT2D eigenvalue weighted by atomic mass is 79.9. The van der Waals surface area contributed by atoms with Crippen molar-refractivity contribution in [1.29, 1.82) is 0 Å². The zero-order valence-electron chi connectivity index (χ0n) is 12.9. The summed E-state index contributed by atoms with van der Waals surface area (Å²) in [6.07, 6.45) is 3.69. The Balaban J connectivity index is 2.45. The van der Waals surface area contributed by atoms with E-state index in [1.54, 1.807) is 0 Å². The first-order chi connectivity index (χ1) is 10.0.